The second-order valence-corrected chi connectivity index (χ2v) is 4.00. The van der Waals surface area contributed by atoms with Gasteiger partial charge < -0.3 is 21.3 Å². The summed E-state index contributed by atoms with van der Waals surface area (Å²) in [5, 5.41) is 29.8. The minimum atomic E-state index is -1.10. The number of rotatable bonds is 5. The van der Waals surface area contributed by atoms with Crippen LogP contribution in [-0.2, 0) is 0 Å². The number of nitrogen functional groups attached to an aromatic ring is 1. The van der Waals surface area contributed by atoms with Crippen LogP contribution in [0.15, 0.2) is 6.33 Å². The third kappa shape index (κ3) is 2.26. The fraction of sp³-hybridized carbons (Fsp3) is 0.500. The molecule has 0 radical (unpaired) electrons. The number of anilines is 1. The quantitative estimate of drug-likeness (QED) is 0.458. The van der Waals surface area contributed by atoms with Crippen molar-refractivity contribution in [3.63, 3.8) is 0 Å². The van der Waals surface area contributed by atoms with Crippen molar-refractivity contribution in [1.82, 2.24) is 25.5 Å². The summed E-state index contributed by atoms with van der Waals surface area (Å²) in [5.41, 5.74) is 6.44. The second kappa shape index (κ2) is 5.25. The molecule has 2 rings (SSSR count). The van der Waals surface area contributed by atoms with Gasteiger partial charge in [0.15, 0.2) is 5.65 Å². The van der Waals surface area contributed by atoms with Crippen LogP contribution in [-0.4, -0.2) is 50.1 Å². The summed E-state index contributed by atoms with van der Waals surface area (Å²) in [6, 6.07) is 0. The van der Waals surface area contributed by atoms with Gasteiger partial charge in [0, 0.05) is 0 Å². The molecule has 0 fully saturated rings. The van der Waals surface area contributed by atoms with E-state index in [-0.39, 0.29) is 5.82 Å². The van der Waals surface area contributed by atoms with Crippen molar-refractivity contribution in [3.8, 4) is 0 Å². The summed E-state index contributed by atoms with van der Waals surface area (Å²) in [5.74, 6) is 0.226. The lowest BCUT2D eigenvalue weighted by Gasteiger charge is -2.16. The number of nitrogens with two attached hydrogens (primary N) is 1. The van der Waals surface area contributed by atoms with Crippen LogP contribution in [0.2, 0.25) is 0 Å². The Morgan fingerprint density at radius 2 is 2.22 bits per heavy atom. The molecule has 18 heavy (non-hydrogen) atoms. The number of nitrogens with zero attached hydrogens (tertiary/aromatic N) is 3. The van der Waals surface area contributed by atoms with Gasteiger partial charge in [-0.05, 0) is 20.0 Å². The van der Waals surface area contributed by atoms with Gasteiger partial charge in [0.1, 0.15) is 18.2 Å². The molecule has 2 unspecified atom stereocenters. The lowest BCUT2D eigenvalue weighted by molar-refractivity contribution is 0.0123. The van der Waals surface area contributed by atoms with Crippen LogP contribution in [0.3, 0.4) is 0 Å². The van der Waals surface area contributed by atoms with Crippen LogP contribution in [0.4, 0.5) is 5.82 Å². The van der Waals surface area contributed by atoms with Crippen LogP contribution in [0.25, 0.3) is 11.0 Å². The summed E-state index contributed by atoms with van der Waals surface area (Å²) in [7, 11) is 1.77. The fourth-order valence-corrected chi connectivity index (χ4v) is 1.76. The molecule has 0 saturated heterocycles. The van der Waals surface area contributed by atoms with Crippen molar-refractivity contribution in [3.05, 3.63) is 12.0 Å². The zero-order valence-electron chi connectivity index (χ0n) is 9.96. The predicted molar refractivity (Wildman–Crippen MR) is 65.6 cm³/mol. The molecule has 0 amide bonds. The predicted octanol–water partition coefficient (Wildman–Crippen LogP) is -1.06. The van der Waals surface area contributed by atoms with Crippen LogP contribution < -0.4 is 11.1 Å². The summed E-state index contributed by atoms with van der Waals surface area (Å²) in [6.07, 6.45) is -0.310. The van der Waals surface area contributed by atoms with E-state index in [1.54, 1.807) is 7.05 Å². The Hall–Kier alpha value is -1.77. The molecule has 0 spiro atoms. The van der Waals surface area contributed by atoms with Crippen molar-refractivity contribution < 1.29 is 10.2 Å². The first-order chi connectivity index (χ1) is 8.65. The summed E-state index contributed by atoms with van der Waals surface area (Å²) in [6.45, 7) is 0.594. The van der Waals surface area contributed by atoms with E-state index in [9.17, 15) is 10.2 Å². The second-order valence-electron chi connectivity index (χ2n) is 4.00. The lowest BCUT2D eigenvalue weighted by atomic mass is 10.1. The Morgan fingerprint density at radius 3 is 2.94 bits per heavy atom. The molecule has 0 aromatic carbocycles. The number of H-pyrrole nitrogens is 1. The lowest BCUT2D eigenvalue weighted by Crippen LogP contribution is -2.23. The number of hydrogen-bond donors (Lipinski definition) is 5. The first-order valence-electron chi connectivity index (χ1n) is 5.60. The molecule has 0 saturated carbocycles. The molecule has 2 aromatic heterocycles. The molecule has 2 atom stereocenters. The van der Waals surface area contributed by atoms with Crippen LogP contribution in [0.1, 0.15) is 18.2 Å². The van der Waals surface area contributed by atoms with Crippen molar-refractivity contribution in [2.45, 2.75) is 18.6 Å². The van der Waals surface area contributed by atoms with Crippen LogP contribution in [0.5, 0.6) is 0 Å². The molecule has 8 heteroatoms. The topological polar surface area (TPSA) is 133 Å². The first-order valence-corrected chi connectivity index (χ1v) is 5.60. The molecular formula is C10H16N6O2. The normalized spacial score (nSPS) is 14.8. The minimum Gasteiger partial charge on any atom is -0.390 e. The third-order valence-electron chi connectivity index (χ3n) is 2.76. The number of hydrogen-bond acceptors (Lipinski definition) is 7. The van der Waals surface area contributed by atoms with Gasteiger partial charge in [-0.2, -0.15) is 5.10 Å². The monoisotopic (exact) mass is 252 g/mol. The van der Waals surface area contributed by atoms with Crippen molar-refractivity contribution in [2.75, 3.05) is 19.3 Å². The van der Waals surface area contributed by atoms with E-state index >= 15 is 0 Å². The van der Waals surface area contributed by atoms with Crippen molar-refractivity contribution in [1.29, 1.82) is 0 Å². The average molecular weight is 252 g/mol. The van der Waals surface area contributed by atoms with Gasteiger partial charge in [-0.1, -0.05) is 0 Å². The molecule has 8 nitrogen and oxygen atoms in total. The highest BCUT2D eigenvalue weighted by atomic mass is 16.3. The number of aliphatic hydroxyl groups is 2. The zero-order chi connectivity index (χ0) is 13.1. The van der Waals surface area contributed by atoms with Gasteiger partial charge in [0.05, 0.1) is 17.2 Å². The van der Waals surface area contributed by atoms with E-state index in [1.807, 2.05) is 0 Å². The van der Waals surface area contributed by atoms with Crippen molar-refractivity contribution in [2.24, 2.45) is 0 Å². The van der Waals surface area contributed by atoms with Gasteiger partial charge in [-0.3, -0.25) is 5.10 Å². The number of aliphatic hydroxyl groups excluding tert-OH is 2. The first kappa shape index (κ1) is 12.7. The van der Waals surface area contributed by atoms with E-state index in [0.717, 1.165) is 0 Å². The number of aromatic amines is 1. The summed E-state index contributed by atoms with van der Waals surface area (Å²) >= 11 is 0. The standard InChI is InChI=1S/C10H16N6O2/c1-12-3-2-5(17)8(18)7-6-9(11)13-4-14-10(6)16-15-7/h4-5,8,12,17-18H,2-3H2,1H3,(H3,11,13,14,15,16). The van der Waals surface area contributed by atoms with E-state index < -0.39 is 12.2 Å². The molecule has 98 valence electrons. The largest absolute Gasteiger partial charge is 0.390 e. The SMILES string of the molecule is CNCCC(O)C(O)c1[nH]nc2ncnc(N)c12. The van der Waals surface area contributed by atoms with Gasteiger partial charge in [-0.15, -0.1) is 0 Å². The Balaban J connectivity index is 2.30. The average Bonchev–Trinajstić information content (AvgIpc) is 2.80. The van der Waals surface area contributed by atoms with E-state index in [0.29, 0.717) is 29.7 Å². The molecule has 0 aliphatic heterocycles. The van der Waals surface area contributed by atoms with Gasteiger partial charge in [0.25, 0.3) is 0 Å². The smallest absolute Gasteiger partial charge is 0.186 e. The van der Waals surface area contributed by atoms with Crippen molar-refractivity contribution >= 4 is 16.9 Å². The van der Waals surface area contributed by atoms with Gasteiger partial charge in [-0.25, -0.2) is 9.97 Å². The van der Waals surface area contributed by atoms with Crippen LogP contribution in [0, 0.1) is 0 Å². The minimum absolute atomic E-state index is 0.226. The number of aromatic nitrogens is 4. The Bertz CT molecular complexity index is 528. The van der Waals surface area contributed by atoms with Gasteiger partial charge in [0.2, 0.25) is 0 Å². The molecular weight excluding hydrogens is 236 g/mol. The van der Waals surface area contributed by atoms with E-state index in [1.165, 1.54) is 6.33 Å². The molecule has 2 aromatic rings. The maximum atomic E-state index is 10.1. The zero-order valence-corrected chi connectivity index (χ0v) is 9.96. The maximum absolute atomic E-state index is 10.1. The molecule has 2 heterocycles. The number of fused-ring (bicyclic) bond motifs is 1. The Labute approximate surface area is 103 Å². The van der Waals surface area contributed by atoms with Gasteiger partial charge >= 0.3 is 0 Å². The highest BCUT2D eigenvalue weighted by molar-refractivity contribution is 5.87. The fourth-order valence-electron chi connectivity index (χ4n) is 1.76. The molecule has 0 aliphatic rings. The summed E-state index contributed by atoms with van der Waals surface area (Å²) < 4.78 is 0. The maximum Gasteiger partial charge on any atom is 0.186 e. The van der Waals surface area contributed by atoms with Crippen LogP contribution >= 0.6 is 0 Å². The Kier molecular flexibility index (Phi) is 3.70. The molecule has 0 bridgehead atoms. The van der Waals surface area contributed by atoms with E-state index in [4.69, 9.17) is 5.73 Å². The third-order valence-corrected chi connectivity index (χ3v) is 2.76. The molecule has 6 N–H and O–H groups in total. The molecule has 0 aliphatic carbocycles. The van der Waals surface area contributed by atoms with E-state index in [2.05, 4.69) is 25.5 Å². The highest BCUT2D eigenvalue weighted by Crippen LogP contribution is 2.26. The summed E-state index contributed by atoms with van der Waals surface area (Å²) in [4.78, 5) is 7.77. The highest BCUT2D eigenvalue weighted by Gasteiger charge is 2.24. The Morgan fingerprint density at radius 1 is 1.44 bits per heavy atom. The number of nitrogens with one attached hydrogen (secondary N) is 2.